The molecule has 1 saturated carbocycles. The van der Waals surface area contributed by atoms with Crippen molar-refractivity contribution in [1.82, 2.24) is 10.2 Å². The molecule has 1 unspecified atom stereocenters. The second-order valence-electron chi connectivity index (χ2n) is 7.60. The summed E-state index contributed by atoms with van der Waals surface area (Å²) in [7, 11) is 0. The highest BCUT2D eigenvalue weighted by Gasteiger charge is 2.38. The fourth-order valence-corrected chi connectivity index (χ4v) is 4.08. The minimum Gasteiger partial charge on any atom is -0.481 e. The molecule has 26 heavy (non-hydrogen) atoms. The number of amides is 3. The number of carboxylic acids is 1. The largest absolute Gasteiger partial charge is 0.481 e. The van der Waals surface area contributed by atoms with Crippen LogP contribution in [0.15, 0.2) is 0 Å². The molecule has 3 amide bonds. The maximum atomic E-state index is 12.0. The Morgan fingerprint density at radius 2 is 1.81 bits per heavy atom. The molecule has 0 radical (unpaired) electrons. The van der Waals surface area contributed by atoms with E-state index in [9.17, 15) is 19.5 Å². The van der Waals surface area contributed by atoms with Crippen LogP contribution in [0, 0.1) is 5.92 Å². The van der Waals surface area contributed by atoms with E-state index >= 15 is 0 Å². The van der Waals surface area contributed by atoms with Gasteiger partial charge in [-0.3, -0.25) is 14.9 Å². The van der Waals surface area contributed by atoms with Crippen molar-refractivity contribution in [1.29, 1.82) is 0 Å². The maximum Gasteiger partial charge on any atom is 0.324 e. The first-order valence-corrected chi connectivity index (χ1v) is 10.0. The highest BCUT2D eigenvalue weighted by molar-refractivity contribution is 6.04. The van der Waals surface area contributed by atoms with Gasteiger partial charge in [0.1, 0.15) is 6.04 Å². The number of rotatable bonds is 11. The van der Waals surface area contributed by atoms with Gasteiger partial charge in [-0.1, -0.05) is 38.5 Å². The SMILES string of the molecule is O=C(O)CCCCCC[C@@H]1C(=O)NC(=O)N1CCC(O)C1CCCCC1. The third kappa shape index (κ3) is 6.27. The second-order valence-corrected chi connectivity index (χ2v) is 7.60. The Hall–Kier alpha value is -1.63. The van der Waals surface area contributed by atoms with Gasteiger partial charge in [0.15, 0.2) is 0 Å². The fourth-order valence-electron chi connectivity index (χ4n) is 4.08. The topological polar surface area (TPSA) is 107 Å². The van der Waals surface area contributed by atoms with Crippen molar-refractivity contribution in [2.45, 2.75) is 89.2 Å². The van der Waals surface area contributed by atoms with E-state index in [0.29, 0.717) is 31.7 Å². The number of hydrogen-bond acceptors (Lipinski definition) is 4. The van der Waals surface area contributed by atoms with Gasteiger partial charge in [0, 0.05) is 13.0 Å². The van der Waals surface area contributed by atoms with Crippen LogP contribution >= 0.6 is 0 Å². The lowest BCUT2D eigenvalue weighted by Crippen LogP contribution is -2.38. The number of imide groups is 1. The fraction of sp³-hybridized carbons (Fsp3) is 0.842. The molecule has 2 rings (SSSR count). The Balaban J connectivity index is 1.73. The Labute approximate surface area is 155 Å². The zero-order valence-electron chi connectivity index (χ0n) is 15.5. The molecule has 3 N–H and O–H groups in total. The molecule has 7 heteroatoms. The Bertz CT molecular complexity index is 490. The Kier molecular flexibility index (Phi) is 8.35. The first-order chi connectivity index (χ1) is 12.5. The van der Waals surface area contributed by atoms with E-state index in [-0.39, 0.29) is 18.4 Å². The monoisotopic (exact) mass is 368 g/mol. The summed E-state index contributed by atoms with van der Waals surface area (Å²) in [6.07, 6.45) is 9.62. The molecule has 1 aliphatic heterocycles. The highest BCUT2D eigenvalue weighted by atomic mass is 16.4. The van der Waals surface area contributed by atoms with Gasteiger partial charge in [-0.2, -0.15) is 0 Å². The summed E-state index contributed by atoms with van der Waals surface area (Å²) in [4.78, 5) is 36.1. The molecule has 1 aliphatic carbocycles. The lowest BCUT2D eigenvalue weighted by molar-refractivity contribution is -0.137. The predicted octanol–water partition coefficient (Wildman–Crippen LogP) is 2.66. The molecule has 1 saturated heterocycles. The molecule has 0 aromatic rings. The van der Waals surface area contributed by atoms with Crippen molar-refractivity contribution in [2.75, 3.05) is 6.54 Å². The summed E-state index contributed by atoms with van der Waals surface area (Å²) < 4.78 is 0. The lowest BCUT2D eigenvalue weighted by atomic mass is 9.84. The predicted molar refractivity (Wildman–Crippen MR) is 96.6 cm³/mol. The van der Waals surface area contributed by atoms with E-state index in [0.717, 1.165) is 44.9 Å². The van der Waals surface area contributed by atoms with Crippen molar-refractivity contribution >= 4 is 17.9 Å². The van der Waals surface area contributed by atoms with Crippen molar-refractivity contribution in [2.24, 2.45) is 5.92 Å². The van der Waals surface area contributed by atoms with Gasteiger partial charge in [-0.25, -0.2) is 4.79 Å². The summed E-state index contributed by atoms with van der Waals surface area (Å²) >= 11 is 0. The molecule has 0 spiro atoms. The molecule has 7 nitrogen and oxygen atoms in total. The summed E-state index contributed by atoms with van der Waals surface area (Å²) in [6.45, 7) is 0.402. The first kappa shape index (κ1) is 20.7. The van der Waals surface area contributed by atoms with Crippen LogP contribution in [0.25, 0.3) is 0 Å². The zero-order valence-corrected chi connectivity index (χ0v) is 15.5. The van der Waals surface area contributed by atoms with E-state index in [1.807, 2.05) is 0 Å². The molecular weight excluding hydrogens is 336 g/mol. The van der Waals surface area contributed by atoms with Gasteiger partial charge in [0.2, 0.25) is 0 Å². The third-order valence-corrected chi connectivity index (χ3v) is 5.65. The molecule has 0 bridgehead atoms. The van der Waals surface area contributed by atoms with Crippen molar-refractivity contribution < 1.29 is 24.6 Å². The van der Waals surface area contributed by atoms with Crippen LogP contribution in [0.3, 0.4) is 0 Å². The van der Waals surface area contributed by atoms with Crippen molar-refractivity contribution in [3.05, 3.63) is 0 Å². The number of aliphatic hydroxyl groups excluding tert-OH is 1. The number of nitrogens with zero attached hydrogens (tertiary/aromatic N) is 1. The number of hydrogen-bond donors (Lipinski definition) is 3. The van der Waals surface area contributed by atoms with Crippen LogP contribution < -0.4 is 5.32 Å². The molecule has 2 fully saturated rings. The smallest absolute Gasteiger partial charge is 0.324 e. The van der Waals surface area contributed by atoms with E-state index in [2.05, 4.69) is 5.32 Å². The zero-order chi connectivity index (χ0) is 18.9. The van der Waals surface area contributed by atoms with Gasteiger partial charge in [-0.15, -0.1) is 0 Å². The molecular formula is C19H32N2O5. The summed E-state index contributed by atoms with van der Waals surface area (Å²) in [5.41, 5.74) is 0. The molecule has 2 atom stereocenters. The highest BCUT2D eigenvalue weighted by Crippen LogP contribution is 2.28. The van der Waals surface area contributed by atoms with Crippen LogP contribution in [0.4, 0.5) is 4.79 Å². The molecule has 1 heterocycles. The molecule has 0 aromatic heterocycles. The molecule has 148 valence electrons. The number of carbonyl (C=O) groups is 3. The van der Waals surface area contributed by atoms with Gasteiger partial charge in [0.05, 0.1) is 6.10 Å². The number of aliphatic carboxylic acids is 1. The number of carboxylic acid groups (broad SMARTS) is 1. The van der Waals surface area contributed by atoms with E-state index in [4.69, 9.17) is 5.11 Å². The summed E-state index contributed by atoms with van der Waals surface area (Å²) in [6, 6.07) is -0.817. The number of nitrogens with one attached hydrogen (secondary N) is 1. The minimum atomic E-state index is -0.784. The standard InChI is InChI=1S/C19H32N2O5/c22-16(14-8-4-3-5-9-14)12-13-21-15(18(25)20-19(21)26)10-6-1-2-7-11-17(23)24/h14-16,22H,1-13H2,(H,23,24)(H,20,25,26)/t15-,16?/m1/s1. The van der Waals surface area contributed by atoms with E-state index < -0.39 is 18.1 Å². The molecule has 2 aliphatic rings. The summed E-state index contributed by atoms with van der Waals surface area (Å²) in [5, 5.41) is 21.4. The van der Waals surface area contributed by atoms with Gasteiger partial charge < -0.3 is 15.1 Å². The lowest BCUT2D eigenvalue weighted by Gasteiger charge is -2.29. The number of unbranched alkanes of at least 4 members (excludes halogenated alkanes) is 3. The third-order valence-electron chi connectivity index (χ3n) is 5.65. The number of urea groups is 1. The Morgan fingerprint density at radius 1 is 1.12 bits per heavy atom. The minimum absolute atomic E-state index is 0.174. The van der Waals surface area contributed by atoms with Crippen LogP contribution in [0.1, 0.15) is 77.0 Å². The first-order valence-electron chi connectivity index (χ1n) is 10.0. The van der Waals surface area contributed by atoms with Crippen LogP contribution in [0.2, 0.25) is 0 Å². The molecule has 0 aromatic carbocycles. The average Bonchev–Trinajstić information content (AvgIpc) is 2.89. The maximum absolute atomic E-state index is 12.0. The quantitative estimate of drug-likeness (QED) is 0.384. The second kappa shape index (κ2) is 10.5. The van der Waals surface area contributed by atoms with E-state index in [1.54, 1.807) is 4.90 Å². The van der Waals surface area contributed by atoms with Crippen LogP contribution in [-0.2, 0) is 9.59 Å². The van der Waals surface area contributed by atoms with Gasteiger partial charge >= 0.3 is 12.0 Å². The van der Waals surface area contributed by atoms with Crippen molar-refractivity contribution in [3.8, 4) is 0 Å². The normalized spacial score (nSPS) is 22.5. The number of carbonyl (C=O) groups excluding carboxylic acids is 2. The van der Waals surface area contributed by atoms with E-state index in [1.165, 1.54) is 6.42 Å². The van der Waals surface area contributed by atoms with Crippen LogP contribution in [-0.4, -0.2) is 51.7 Å². The van der Waals surface area contributed by atoms with Crippen molar-refractivity contribution in [3.63, 3.8) is 0 Å². The number of aliphatic hydroxyl groups is 1. The van der Waals surface area contributed by atoms with Gasteiger partial charge in [0.25, 0.3) is 5.91 Å². The van der Waals surface area contributed by atoms with Gasteiger partial charge in [-0.05, 0) is 38.0 Å². The summed E-state index contributed by atoms with van der Waals surface area (Å²) in [5.74, 6) is -0.723. The Morgan fingerprint density at radius 3 is 2.50 bits per heavy atom. The average molecular weight is 368 g/mol. The van der Waals surface area contributed by atoms with Crippen LogP contribution in [0.5, 0.6) is 0 Å².